The summed E-state index contributed by atoms with van der Waals surface area (Å²) < 4.78 is 33.4. The Morgan fingerprint density at radius 3 is 2.56 bits per heavy atom. The van der Waals surface area contributed by atoms with Crippen molar-refractivity contribution in [1.82, 2.24) is 14.1 Å². The van der Waals surface area contributed by atoms with E-state index in [0.717, 1.165) is 36.7 Å². The van der Waals surface area contributed by atoms with Gasteiger partial charge in [-0.1, -0.05) is 0 Å². The predicted octanol–water partition coefficient (Wildman–Crippen LogP) is 1.68. The van der Waals surface area contributed by atoms with E-state index in [4.69, 9.17) is 4.74 Å². The van der Waals surface area contributed by atoms with E-state index in [1.54, 1.807) is 0 Å². The van der Waals surface area contributed by atoms with Gasteiger partial charge in [0.15, 0.2) is 0 Å². The number of carbonyl (C=O) groups is 2. The van der Waals surface area contributed by atoms with Gasteiger partial charge in [-0.25, -0.2) is 23.4 Å². The van der Waals surface area contributed by atoms with Gasteiger partial charge >= 0.3 is 11.7 Å². The lowest BCUT2D eigenvalue weighted by Crippen LogP contribution is -2.42. The van der Waals surface area contributed by atoms with E-state index in [-0.39, 0.29) is 28.2 Å². The summed E-state index contributed by atoms with van der Waals surface area (Å²) in [5.41, 5.74) is -1.53. The normalized spacial score (nSPS) is 13.2. The first-order valence-corrected chi connectivity index (χ1v) is 9.69. The van der Waals surface area contributed by atoms with Crippen molar-refractivity contribution in [2.45, 2.75) is 25.3 Å². The van der Waals surface area contributed by atoms with Crippen LogP contribution in [0.25, 0.3) is 11.0 Å². The van der Waals surface area contributed by atoms with Crippen molar-refractivity contribution in [2.75, 3.05) is 12.4 Å². The zero-order valence-electron chi connectivity index (χ0n) is 17.1. The number of ether oxygens (including phenoxy) is 1. The molecule has 0 spiro atoms. The van der Waals surface area contributed by atoms with Crippen LogP contribution in [0.2, 0.25) is 0 Å². The number of aromatic nitrogens is 3. The molecule has 1 fully saturated rings. The number of carbonyl (C=O) groups excluding carboxylic acids is 2. The molecule has 0 bridgehead atoms. The first kappa shape index (κ1) is 21.3. The molecule has 0 radical (unpaired) electrons. The third-order valence-electron chi connectivity index (χ3n) is 5.22. The average Bonchev–Trinajstić information content (AvgIpc) is 3.61. The highest BCUT2D eigenvalue weighted by molar-refractivity contribution is 6.02. The molecule has 32 heavy (non-hydrogen) atoms. The third-order valence-corrected chi connectivity index (χ3v) is 5.22. The van der Waals surface area contributed by atoms with E-state index in [0.29, 0.717) is 16.3 Å². The molecule has 1 N–H and O–H groups in total. The number of aryl methyl sites for hydroxylation is 1. The van der Waals surface area contributed by atoms with E-state index >= 15 is 0 Å². The molecule has 0 atom stereocenters. The minimum Gasteiger partial charge on any atom is -0.465 e. The van der Waals surface area contributed by atoms with Gasteiger partial charge in [-0.15, -0.1) is 0 Å². The number of fused-ring (bicyclic) bond motifs is 1. The zero-order valence-corrected chi connectivity index (χ0v) is 17.1. The van der Waals surface area contributed by atoms with Crippen LogP contribution in [-0.2, 0) is 23.1 Å². The van der Waals surface area contributed by atoms with E-state index in [2.05, 4.69) is 10.3 Å². The van der Waals surface area contributed by atoms with Gasteiger partial charge in [0.2, 0.25) is 5.91 Å². The summed E-state index contributed by atoms with van der Waals surface area (Å²) in [6, 6.07) is 4.02. The second kappa shape index (κ2) is 7.98. The van der Waals surface area contributed by atoms with Gasteiger partial charge in [-0.2, -0.15) is 0 Å². The maximum absolute atomic E-state index is 13.8. The number of pyridine rings is 1. The fraction of sp³-hybridized carbons (Fsp3) is 0.286. The number of hydrogen-bond donors (Lipinski definition) is 1. The van der Waals surface area contributed by atoms with Gasteiger partial charge in [0, 0.05) is 24.7 Å². The predicted molar refractivity (Wildman–Crippen MR) is 110 cm³/mol. The van der Waals surface area contributed by atoms with Gasteiger partial charge in [-0.3, -0.25) is 18.7 Å². The number of amides is 1. The fourth-order valence-electron chi connectivity index (χ4n) is 3.42. The molecule has 1 saturated carbocycles. The SMILES string of the molecule is COC(=O)c1cc(C2CC2)nc2c1c(=O)n(CC(=O)Nc1ccc(F)cc1F)c(=O)n2C. The van der Waals surface area contributed by atoms with E-state index in [9.17, 15) is 28.0 Å². The lowest BCUT2D eigenvalue weighted by atomic mass is 10.1. The summed E-state index contributed by atoms with van der Waals surface area (Å²) in [7, 11) is 2.53. The van der Waals surface area contributed by atoms with Crippen LogP contribution in [-0.4, -0.2) is 33.1 Å². The number of benzene rings is 1. The first-order chi connectivity index (χ1) is 15.2. The van der Waals surface area contributed by atoms with Crippen molar-refractivity contribution in [1.29, 1.82) is 0 Å². The molecule has 4 rings (SSSR count). The summed E-state index contributed by atoms with van der Waals surface area (Å²) in [6.45, 7) is -0.761. The van der Waals surface area contributed by atoms with Gasteiger partial charge in [0.1, 0.15) is 23.8 Å². The van der Waals surface area contributed by atoms with Crippen LogP contribution in [0.3, 0.4) is 0 Å². The Morgan fingerprint density at radius 2 is 1.94 bits per heavy atom. The van der Waals surface area contributed by atoms with E-state index < -0.39 is 41.3 Å². The van der Waals surface area contributed by atoms with Crippen molar-refractivity contribution in [3.05, 3.63) is 68.0 Å². The largest absolute Gasteiger partial charge is 0.465 e. The molecule has 0 aliphatic heterocycles. The summed E-state index contributed by atoms with van der Waals surface area (Å²) in [5, 5.41) is 2.03. The quantitative estimate of drug-likeness (QED) is 0.600. The highest BCUT2D eigenvalue weighted by Crippen LogP contribution is 2.39. The minimum absolute atomic E-state index is 0.00559. The first-order valence-electron chi connectivity index (χ1n) is 9.69. The number of methoxy groups -OCH3 is 1. The fourth-order valence-corrected chi connectivity index (χ4v) is 3.42. The molecular weight excluding hydrogens is 426 g/mol. The maximum atomic E-state index is 13.8. The molecule has 11 heteroatoms. The molecule has 1 aliphatic rings. The van der Waals surface area contributed by atoms with Gasteiger partial charge in [0.05, 0.1) is 23.7 Å². The number of halogens is 2. The second-order valence-corrected chi connectivity index (χ2v) is 7.46. The monoisotopic (exact) mass is 444 g/mol. The Bertz CT molecular complexity index is 1390. The van der Waals surface area contributed by atoms with Crippen LogP contribution in [0.15, 0.2) is 33.9 Å². The van der Waals surface area contributed by atoms with Crippen LogP contribution < -0.4 is 16.6 Å². The highest BCUT2D eigenvalue weighted by Gasteiger charge is 2.29. The molecule has 0 saturated heterocycles. The molecule has 2 heterocycles. The van der Waals surface area contributed by atoms with Crippen LogP contribution >= 0.6 is 0 Å². The summed E-state index contributed by atoms with van der Waals surface area (Å²) in [6.07, 6.45) is 1.76. The van der Waals surface area contributed by atoms with Crippen LogP contribution in [0.5, 0.6) is 0 Å². The molecule has 1 aliphatic carbocycles. The van der Waals surface area contributed by atoms with Crippen LogP contribution in [0.1, 0.15) is 34.8 Å². The van der Waals surface area contributed by atoms with Crippen molar-refractivity contribution in [3.8, 4) is 0 Å². The van der Waals surface area contributed by atoms with Gasteiger partial charge < -0.3 is 10.1 Å². The summed E-state index contributed by atoms with van der Waals surface area (Å²) in [4.78, 5) is 55.1. The number of nitrogens with zero attached hydrogens (tertiary/aromatic N) is 3. The summed E-state index contributed by atoms with van der Waals surface area (Å²) in [5.74, 6) is -3.37. The zero-order chi connectivity index (χ0) is 23.2. The standard InChI is InChI=1S/C21H18F2N4O5/c1-26-18-17(12(20(30)32-2)8-15(25-18)10-3-4-10)19(29)27(21(26)31)9-16(28)24-14-6-5-11(22)7-13(14)23/h5-8,10H,3-4,9H2,1-2H3,(H,24,28). The van der Waals surface area contributed by atoms with Gasteiger partial charge in [-0.05, 0) is 31.0 Å². The lowest BCUT2D eigenvalue weighted by molar-refractivity contribution is -0.116. The van der Waals surface area contributed by atoms with Crippen molar-refractivity contribution in [2.24, 2.45) is 7.05 Å². The summed E-state index contributed by atoms with van der Waals surface area (Å²) >= 11 is 0. The Labute approximate surface area is 179 Å². The van der Waals surface area contributed by atoms with Crippen molar-refractivity contribution in [3.63, 3.8) is 0 Å². The Kier molecular flexibility index (Phi) is 5.33. The Hall–Kier alpha value is -3.89. The smallest absolute Gasteiger partial charge is 0.338 e. The molecule has 1 amide bonds. The number of esters is 1. The topological polar surface area (TPSA) is 112 Å². The number of nitrogens with one attached hydrogen (secondary N) is 1. The van der Waals surface area contributed by atoms with Crippen LogP contribution in [0.4, 0.5) is 14.5 Å². The van der Waals surface area contributed by atoms with Crippen molar-refractivity contribution < 1.29 is 23.1 Å². The van der Waals surface area contributed by atoms with E-state index in [1.807, 2.05) is 0 Å². The number of anilines is 1. The molecule has 0 unspecified atom stereocenters. The maximum Gasteiger partial charge on any atom is 0.338 e. The Balaban J connectivity index is 1.81. The number of rotatable bonds is 5. The molecular formula is C21H18F2N4O5. The molecule has 9 nitrogen and oxygen atoms in total. The second-order valence-electron chi connectivity index (χ2n) is 7.46. The average molecular weight is 444 g/mol. The number of hydrogen-bond acceptors (Lipinski definition) is 6. The molecule has 3 aromatic rings. The van der Waals surface area contributed by atoms with Crippen molar-refractivity contribution >= 4 is 28.6 Å². The highest BCUT2D eigenvalue weighted by atomic mass is 19.1. The molecule has 1 aromatic carbocycles. The minimum atomic E-state index is -1.01. The van der Waals surface area contributed by atoms with E-state index in [1.165, 1.54) is 13.1 Å². The molecule has 2 aromatic heterocycles. The third kappa shape index (κ3) is 3.77. The molecule has 166 valence electrons. The van der Waals surface area contributed by atoms with Crippen LogP contribution in [0, 0.1) is 11.6 Å². The Morgan fingerprint density at radius 1 is 1.22 bits per heavy atom. The lowest BCUT2D eigenvalue weighted by Gasteiger charge is -2.14. The van der Waals surface area contributed by atoms with Gasteiger partial charge in [0.25, 0.3) is 5.56 Å².